The molecular weight excluding hydrogens is 246 g/mol. The molecule has 0 saturated heterocycles. The third kappa shape index (κ3) is 2.29. The minimum absolute atomic E-state index is 0.238. The number of nitrogens with zero attached hydrogens (tertiary/aromatic N) is 1. The van der Waals surface area contributed by atoms with Gasteiger partial charge in [-0.3, -0.25) is 14.4 Å². The fourth-order valence-corrected chi connectivity index (χ4v) is 2.18. The van der Waals surface area contributed by atoms with Gasteiger partial charge in [-0.05, 0) is 12.5 Å². The monoisotopic (exact) mass is 261 g/mol. The van der Waals surface area contributed by atoms with Gasteiger partial charge in [0.05, 0.1) is 0 Å². The van der Waals surface area contributed by atoms with Crippen molar-refractivity contribution in [3.8, 4) is 0 Å². The second-order valence-corrected chi connectivity index (χ2v) is 4.32. The number of rotatable bonds is 3. The first-order valence-electron chi connectivity index (χ1n) is 6.06. The molecule has 2 rings (SSSR count). The van der Waals surface area contributed by atoms with Crippen molar-refractivity contribution in [2.45, 2.75) is 19.4 Å². The number of hydrogen-bond acceptors (Lipinski definition) is 3. The van der Waals surface area contributed by atoms with Gasteiger partial charge in [-0.15, -0.1) is 0 Å². The number of fused-ring (bicyclic) bond motifs is 1. The third-order valence-electron chi connectivity index (χ3n) is 3.00. The summed E-state index contributed by atoms with van der Waals surface area (Å²) in [5.74, 6) is -2.29. The van der Waals surface area contributed by atoms with E-state index in [1.807, 2.05) is 19.1 Å². The van der Waals surface area contributed by atoms with Crippen molar-refractivity contribution in [3.05, 3.63) is 29.8 Å². The first-order chi connectivity index (χ1) is 9.06. The number of nitrogens with one attached hydrogen (secondary N) is 1. The van der Waals surface area contributed by atoms with Crippen LogP contribution in [0.4, 0.5) is 5.69 Å². The van der Waals surface area contributed by atoms with E-state index in [1.165, 1.54) is 0 Å². The standard InChI is InChI=1S/C13H15N3O3/c1-2-7-16-9-6-4-3-5-8(9)10(13(16)19)15-12(18)11(14)17/h3-6,10H,2,7H2,1H3,(H2,14,17)(H,15,18)/t10-/m0/s1. The minimum atomic E-state index is -1.10. The highest BCUT2D eigenvalue weighted by Gasteiger charge is 2.37. The molecule has 1 aliphatic heterocycles. The molecule has 0 aromatic heterocycles. The molecule has 3 N–H and O–H groups in total. The van der Waals surface area contributed by atoms with Crippen molar-refractivity contribution >= 4 is 23.4 Å². The molecule has 0 saturated carbocycles. The Hall–Kier alpha value is -2.37. The fraction of sp³-hybridized carbons (Fsp3) is 0.308. The Labute approximate surface area is 110 Å². The highest BCUT2D eigenvalue weighted by Crippen LogP contribution is 2.35. The van der Waals surface area contributed by atoms with Gasteiger partial charge in [0.1, 0.15) is 6.04 Å². The van der Waals surface area contributed by atoms with Gasteiger partial charge in [-0.1, -0.05) is 25.1 Å². The summed E-state index contributed by atoms with van der Waals surface area (Å²) in [5, 5.41) is 2.37. The lowest BCUT2D eigenvalue weighted by Crippen LogP contribution is -2.42. The third-order valence-corrected chi connectivity index (χ3v) is 3.00. The van der Waals surface area contributed by atoms with Crippen molar-refractivity contribution < 1.29 is 14.4 Å². The average molecular weight is 261 g/mol. The summed E-state index contributed by atoms with van der Waals surface area (Å²) < 4.78 is 0. The SMILES string of the molecule is CCCN1C(=O)[C@@H](NC(=O)C(N)=O)c2ccccc21. The molecule has 0 bridgehead atoms. The summed E-state index contributed by atoms with van der Waals surface area (Å²) in [4.78, 5) is 36.0. The van der Waals surface area contributed by atoms with E-state index in [9.17, 15) is 14.4 Å². The molecule has 1 aliphatic rings. The normalized spacial score (nSPS) is 17.2. The van der Waals surface area contributed by atoms with E-state index in [0.29, 0.717) is 12.1 Å². The molecule has 1 aromatic carbocycles. The molecule has 6 nitrogen and oxygen atoms in total. The zero-order chi connectivity index (χ0) is 14.0. The summed E-state index contributed by atoms with van der Waals surface area (Å²) in [6.45, 7) is 2.53. The Morgan fingerprint density at radius 3 is 2.68 bits per heavy atom. The van der Waals surface area contributed by atoms with Crippen LogP contribution >= 0.6 is 0 Å². The van der Waals surface area contributed by atoms with Crippen LogP contribution in [0.2, 0.25) is 0 Å². The number of carbonyl (C=O) groups excluding carboxylic acids is 3. The maximum absolute atomic E-state index is 12.3. The molecule has 6 heteroatoms. The minimum Gasteiger partial charge on any atom is -0.361 e. The number of carbonyl (C=O) groups is 3. The lowest BCUT2D eigenvalue weighted by molar-refractivity contribution is -0.138. The van der Waals surface area contributed by atoms with Crippen LogP contribution in [-0.2, 0) is 14.4 Å². The van der Waals surface area contributed by atoms with E-state index in [2.05, 4.69) is 5.32 Å². The Morgan fingerprint density at radius 1 is 1.37 bits per heavy atom. The van der Waals surface area contributed by atoms with Crippen molar-refractivity contribution in [1.29, 1.82) is 0 Å². The van der Waals surface area contributed by atoms with Gasteiger partial charge in [0, 0.05) is 17.8 Å². The highest BCUT2D eigenvalue weighted by atomic mass is 16.2. The Bertz CT molecular complexity index is 542. The van der Waals surface area contributed by atoms with Crippen LogP contribution in [0.3, 0.4) is 0 Å². The molecule has 1 heterocycles. The zero-order valence-electron chi connectivity index (χ0n) is 10.6. The van der Waals surface area contributed by atoms with Crippen molar-refractivity contribution in [3.63, 3.8) is 0 Å². The summed E-state index contributed by atoms with van der Waals surface area (Å²) in [6, 6.07) is 6.36. The Kier molecular flexibility index (Phi) is 3.50. The van der Waals surface area contributed by atoms with Crippen molar-refractivity contribution in [2.75, 3.05) is 11.4 Å². The predicted octanol–water partition coefficient (Wildman–Crippen LogP) is 0.0858. The van der Waals surface area contributed by atoms with Gasteiger partial charge in [0.25, 0.3) is 5.91 Å². The van der Waals surface area contributed by atoms with Crippen LogP contribution in [0.25, 0.3) is 0 Å². The summed E-state index contributed by atoms with van der Waals surface area (Å²) >= 11 is 0. The van der Waals surface area contributed by atoms with Crippen LogP contribution in [0.15, 0.2) is 24.3 Å². The summed E-state index contributed by atoms with van der Waals surface area (Å²) in [6.07, 6.45) is 0.802. The second kappa shape index (κ2) is 5.09. The number of nitrogens with two attached hydrogens (primary N) is 1. The van der Waals surface area contributed by atoms with Crippen molar-refractivity contribution in [1.82, 2.24) is 5.32 Å². The second-order valence-electron chi connectivity index (χ2n) is 4.32. The van der Waals surface area contributed by atoms with Gasteiger partial charge >= 0.3 is 11.8 Å². The van der Waals surface area contributed by atoms with E-state index in [4.69, 9.17) is 5.73 Å². The quantitative estimate of drug-likeness (QED) is 0.755. The number of para-hydroxylation sites is 1. The van der Waals surface area contributed by atoms with Crippen LogP contribution in [0.5, 0.6) is 0 Å². The number of anilines is 1. The van der Waals surface area contributed by atoms with Crippen LogP contribution < -0.4 is 16.0 Å². The summed E-state index contributed by atoms with van der Waals surface area (Å²) in [7, 11) is 0. The number of primary amides is 1. The first-order valence-corrected chi connectivity index (χ1v) is 6.06. The number of hydrogen-bond donors (Lipinski definition) is 2. The maximum Gasteiger partial charge on any atom is 0.309 e. The molecule has 0 spiro atoms. The molecule has 1 aromatic rings. The van der Waals surface area contributed by atoms with E-state index < -0.39 is 17.9 Å². The highest BCUT2D eigenvalue weighted by molar-refractivity contribution is 6.35. The molecule has 1 atom stereocenters. The van der Waals surface area contributed by atoms with Gasteiger partial charge in [0.2, 0.25) is 0 Å². The fourth-order valence-electron chi connectivity index (χ4n) is 2.18. The Morgan fingerprint density at radius 2 is 2.05 bits per heavy atom. The Balaban J connectivity index is 2.33. The van der Waals surface area contributed by atoms with E-state index in [-0.39, 0.29) is 5.91 Å². The lowest BCUT2D eigenvalue weighted by Gasteiger charge is -2.16. The van der Waals surface area contributed by atoms with Crippen LogP contribution in [-0.4, -0.2) is 24.3 Å². The van der Waals surface area contributed by atoms with Gasteiger partial charge in [-0.25, -0.2) is 0 Å². The van der Waals surface area contributed by atoms with E-state index in [0.717, 1.165) is 12.1 Å². The molecule has 0 radical (unpaired) electrons. The maximum atomic E-state index is 12.3. The van der Waals surface area contributed by atoms with Gasteiger partial charge in [0.15, 0.2) is 0 Å². The van der Waals surface area contributed by atoms with E-state index in [1.54, 1.807) is 17.0 Å². The number of benzene rings is 1. The van der Waals surface area contributed by atoms with Crippen LogP contribution in [0.1, 0.15) is 24.9 Å². The zero-order valence-corrected chi connectivity index (χ0v) is 10.6. The largest absolute Gasteiger partial charge is 0.361 e. The predicted molar refractivity (Wildman–Crippen MR) is 69.2 cm³/mol. The van der Waals surface area contributed by atoms with E-state index >= 15 is 0 Å². The van der Waals surface area contributed by atoms with Crippen molar-refractivity contribution in [2.24, 2.45) is 5.73 Å². The topological polar surface area (TPSA) is 92.5 Å². The molecule has 100 valence electrons. The molecule has 3 amide bonds. The molecule has 0 fully saturated rings. The summed E-state index contributed by atoms with van der Waals surface area (Å²) in [5.41, 5.74) is 6.35. The average Bonchev–Trinajstić information content (AvgIpc) is 2.65. The molecular formula is C13H15N3O3. The molecule has 19 heavy (non-hydrogen) atoms. The smallest absolute Gasteiger partial charge is 0.309 e. The van der Waals surface area contributed by atoms with Gasteiger partial charge in [-0.2, -0.15) is 0 Å². The lowest BCUT2D eigenvalue weighted by atomic mass is 10.1. The molecule has 0 aliphatic carbocycles. The number of amides is 3. The van der Waals surface area contributed by atoms with Gasteiger partial charge < -0.3 is 16.0 Å². The first kappa shape index (κ1) is 13.1. The van der Waals surface area contributed by atoms with Crippen LogP contribution in [0, 0.1) is 0 Å². The molecule has 0 unspecified atom stereocenters.